The Balaban J connectivity index is 3.27. The normalized spacial score (nSPS) is 14.6. The predicted octanol–water partition coefficient (Wildman–Crippen LogP) is 2.09. The summed E-state index contributed by atoms with van der Waals surface area (Å²) in [4.78, 5) is 22.9. The van der Waals surface area contributed by atoms with Crippen molar-refractivity contribution < 1.29 is 27.9 Å². The van der Waals surface area contributed by atoms with Crippen LogP contribution in [0.25, 0.3) is 0 Å². The first-order valence-corrected chi connectivity index (χ1v) is 5.23. The number of hydrogen-bond donors (Lipinski definition) is 1. The van der Waals surface area contributed by atoms with E-state index in [4.69, 9.17) is 0 Å². The second kappa shape index (κ2) is 4.91. The van der Waals surface area contributed by atoms with E-state index in [2.05, 4.69) is 0 Å². The highest BCUT2D eigenvalue weighted by atomic mass is 19.4. The number of aliphatic carboxylic acids is 1. The maximum Gasteiger partial charge on any atom is 0.416 e. The van der Waals surface area contributed by atoms with Gasteiger partial charge in [0.1, 0.15) is 0 Å². The zero-order valence-electron chi connectivity index (χ0n) is 10.2. The zero-order chi connectivity index (χ0) is 14.8. The molecule has 0 aliphatic rings. The van der Waals surface area contributed by atoms with Crippen molar-refractivity contribution in [3.05, 3.63) is 35.4 Å². The lowest BCUT2D eigenvalue weighted by molar-refractivity contribution is -0.153. The molecule has 1 atom stereocenters. The molecule has 1 aromatic carbocycles. The van der Waals surface area contributed by atoms with Crippen LogP contribution in [0.4, 0.5) is 13.2 Å². The Morgan fingerprint density at radius 2 is 1.63 bits per heavy atom. The van der Waals surface area contributed by atoms with Gasteiger partial charge in [0.15, 0.2) is 5.54 Å². The van der Waals surface area contributed by atoms with Crippen molar-refractivity contribution >= 4 is 12.4 Å². The van der Waals surface area contributed by atoms with Crippen molar-refractivity contribution in [1.82, 2.24) is 4.90 Å². The van der Waals surface area contributed by atoms with Gasteiger partial charge in [-0.25, -0.2) is 4.79 Å². The van der Waals surface area contributed by atoms with Crippen LogP contribution >= 0.6 is 0 Å². The number of hydrogen-bond acceptors (Lipinski definition) is 2. The fourth-order valence-corrected chi connectivity index (χ4v) is 1.57. The SMILES string of the molecule is CN(C=O)C(C)(C(=O)O)c1ccc(C(F)(F)F)cc1. The van der Waals surface area contributed by atoms with E-state index in [9.17, 15) is 27.9 Å². The molecule has 104 valence electrons. The summed E-state index contributed by atoms with van der Waals surface area (Å²) in [6.45, 7) is 1.24. The Hall–Kier alpha value is -2.05. The third kappa shape index (κ3) is 2.69. The van der Waals surface area contributed by atoms with Gasteiger partial charge < -0.3 is 10.0 Å². The summed E-state index contributed by atoms with van der Waals surface area (Å²) >= 11 is 0. The molecular weight excluding hydrogens is 263 g/mol. The molecule has 1 aromatic rings. The number of amides is 1. The number of nitrogens with zero attached hydrogens (tertiary/aromatic N) is 1. The van der Waals surface area contributed by atoms with Gasteiger partial charge in [-0.05, 0) is 24.6 Å². The molecule has 1 amide bonds. The molecule has 0 spiro atoms. The molecular formula is C12H12F3NO3. The molecule has 0 aliphatic carbocycles. The van der Waals surface area contributed by atoms with Gasteiger partial charge in [-0.1, -0.05) is 12.1 Å². The lowest BCUT2D eigenvalue weighted by Crippen LogP contribution is -2.47. The third-order valence-corrected chi connectivity index (χ3v) is 3.05. The summed E-state index contributed by atoms with van der Waals surface area (Å²) in [6.07, 6.45) is -4.18. The van der Waals surface area contributed by atoms with Gasteiger partial charge in [0.2, 0.25) is 6.41 Å². The summed E-state index contributed by atoms with van der Waals surface area (Å²) in [5, 5.41) is 9.19. The molecule has 7 heteroatoms. The van der Waals surface area contributed by atoms with Crippen LogP contribution in [-0.4, -0.2) is 29.4 Å². The Morgan fingerprint density at radius 1 is 1.21 bits per heavy atom. The first-order chi connectivity index (χ1) is 8.64. The summed E-state index contributed by atoms with van der Waals surface area (Å²) in [7, 11) is 1.25. The topological polar surface area (TPSA) is 57.6 Å². The Morgan fingerprint density at radius 3 is 1.95 bits per heavy atom. The summed E-state index contributed by atoms with van der Waals surface area (Å²) < 4.78 is 37.2. The van der Waals surface area contributed by atoms with Gasteiger partial charge in [0.25, 0.3) is 0 Å². The number of halogens is 3. The highest BCUT2D eigenvalue weighted by Gasteiger charge is 2.40. The van der Waals surface area contributed by atoms with Gasteiger partial charge >= 0.3 is 12.1 Å². The number of carboxylic acids is 1. The average molecular weight is 275 g/mol. The Bertz CT molecular complexity index is 484. The molecule has 1 unspecified atom stereocenters. The molecule has 0 radical (unpaired) electrons. The van der Waals surface area contributed by atoms with Crippen LogP contribution in [0.15, 0.2) is 24.3 Å². The van der Waals surface area contributed by atoms with E-state index in [1.54, 1.807) is 0 Å². The van der Waals surface area contributed by atoms with Gasteiger partial charge in [-0.2, -0.15) is 13.2 Å². The van der Waals surface area contributed by atoms with Crippen LogP contribution in [0.3, 0.4) is 0 Å². The van der Waals surface area contributed by atoms with Crippen molar-refractivity contribution in [1.29, 1.82) is 0 Å². The van der Waals surface area contributed by atoms with Crippen LogP contribution in [0.1, 0.15) is 18.1 Å². The first-order valence-electron chi connectivity index (χ1n) is 5.23. The quantitative estimate of drug-likeness (QED) is 0.856. The smallest absolute Gasteiger partial charge is 0.416 e. The second-order valence-corrected chi connectivity index (χ2v) is 4.17. The van der Waals surface area contributed by atoms with Crippen molar-refractivity contribution in [3.8, 4) is 0 Å². The summed E-state index contributed by atoms with van der Waals surface area (Å²) in [5.41, 5.74) is -2.51. The van der Waals surface area contributed by atoms with Crippen LogP contribution in [0.2, 0.25) is 0 Å². The lowest BCUT2D eigenvalue weighted by atomic mass is 9.90. The monoisotopic (exact) mass is 275 g/mol. The zero-order valence-corrected chi connectivity index (χ0v) is 10.2. The minimum Gasteiger partial charge on any atom is -0.479 e. The van der Waals surface area contributed by atoms with E-state index >= 15 is 0 Å². The minimum atomic E-state index is -4.49. The van der Waals surface area contributed by atoms with Crippen LogP contribution < -0.4 is 0 Å². The van der Waals surface area contributed by atoms with E-state index in [0.717, 1.165) is 29.2 Å². The van der Waals surface area contributed by atoms with Crippen LogP contribution in [0, 0.1) is 0 Å². The second-order valence-electron chi connectivity index (χ2n) is 4.17. The molecule has 0 aliphatic heterocycles. The van der Waals surface area contributed by atoms with Crippen molar-refractivity contribution in [2.75, 3.05) is 7.05 Å². The van der Waals surface area contributed by atoms with E-state index in [1.165, 1.54) is 14.0 Å². The fourth-order valence-electron chi connectivity index (χ4n) is 1.57. The molecule has 0 bridgehead atoms. The van der Waals surface area contributed by atoms with E-state index in [1.807, 2.05) is 0 Å². The van der Waals surface area contributed by atoms with Gasteiger partial charge in [-0.3, -0.25) is 4.79 Å². The standard InChI is InChI=1S/C12H12F3NO3/c1-11(10(18)19,16(2)7-17)8-3-5-9(6-4-8)12(13,14)15/h3-7H,1-2H3,(H,18,19). The molecule has 0 fully saturated rings. The van der Waals surface area contributed by atoms with E-state index in [0.29, 0.717) is 6.41 Å². The van der Waals surface area contributed by atoms with Crippen molar-refractivity contribution in [2.45, 2.75) is 18.6 Å². The highest BCUT2D eigenvalue weighted by Crippen LogP contribution is 2.32. The van der Waals surface area contributed by atoms with Crippen molar-refractivity contribution in [3.63, 3.8) is 0 Å². The van der Waals surface area contributed by atoms with Gasteiger partial charge in [0, 0.05) is 7.05 Å². The maximum atomic E-state index is 12.4. The molecule has 0 heterocycles. The van der Waals surface area contributed by atoms with Gasteiger partial charge in [-0.15, -0.1) is 0 Å². The molecule has 0 saturated heterocycles. The minimum absolute atomic E-state index is 0.0857. The first kappa shape index (κ1) is 15.0. The van der Waals surface area contributed by atoms with E-state index in [-0.39, 0.29) is 5.56 Å². The Labute approximate surface area is 107 Å². The molecule has 0 saturated carbocycles. The fraction of sp³-hybridized carbons (Fsp3) is 0.333. The summed E-state index contributed by atoms with van der Waals surface area (Å²) in [5.74, 6) is -1.33. The highest BCUT2D eigenvalue weighted by molar-refractivity contribution is 5.82. The number of carbonyl (C=O) groups excluding carboxylic acids is 1. The Kier molecular flexibility index (Phi) is 3.88. The molecule has 1 rings (SSSR count). The van der Waals surface area contributed by atoms with Crippen LogP contribution in [-0.2, 0) is 21.3 Å². The number of likely N-dealkylation sites (N-methyl/N-ethyl adjacent to an activating group) is 1. The molecule has 19 heavy (non-hydrogen) atoms. The number of rotatable bonds is 4. The number of carbonyl (C=O) groups is 2. The van der Waals surface area contributed by atoms with Gasteiger partial charge in [0.05, 0.1) is 5.56 Å². The lowest BCUT2D eigenvalue weighted by Gasteiger charge is -2.32. The molecule has 1 N–H and O–H groups in total. The third-order valence-electron chi connectivity index (χ3n) is 3.05. The number of carboxylic acid groups (broad SMARTS) is 1. The van der Waals surface area contributed by atoms with Crippen LogP contribution in [0.5, 0.6) is 0 Å². The molecule has 0 aromatic heterocycles. The van der Waals surface area contributed by atoms with Crippen molar-refractivity contribution in [2.24, 2.45) is 0 Å². The molecule has 4 nitrogen and oxygen atoms in total. The summed E-state index contributed by atoms with van der Waals surface area (Å²) in [6, 6.07) is 3.68. The average Bonchev–Trinajstić information content (AvgIpc) is 2.35. The number of benzene rings is 1. The maximum absolute atomic E-state index is 12.4. The predicted molar refractivity (Wildman–Crippen MR) is 60.3 cm³/mol. The number of alkyl halides is 3. The van der Waals surface area contributed by atoms with E-state index < -0.39 is 23.2 Å². The largest absolute Gasteiger partial charge is 0.479 e.